The molecule has 0 fully saturated rings. The van der Waals surface area contributed by atoms with Gasteiger partial charge in [-0.1, -0.05) is 126 Å². The third kappa shape index (κ3) is 6.60. The van der Waals surface area contributed by atoms with Crippen molar-refractivity contribution in [1.82, 2.24) is 0 Å². The monoisotopic (exact) mass is 439 g/mol. The molecule has 6 N–H and O–H groups in total. The molecular formula is C28H29N3O2. The van der Waals surface area contributed by atoms with E-state index < -0.39 is 6.10 Å². The lowest BCUT2D eigenvalue weighted by Gasteiger charge is -2.20. The molecule has 4 rings (SSSR count). The van der Waals surface area contributed by atoms with Gasteiger partial charge < -0.3 is 21.8 Å². The summed E-state index contributed by atoms with van der Waals surface area (Å²) in [5.74, 6) is 0. The van der Waals surface area contributed by atoms with E-state index in [0.717, 1.165) is 11.1 Å². The molecule has 5 heteroatoms. The molecule has 0 aliphatic rings. The predicted octanol–water partition coefficient (Wildman–Crippen LogP) is 4.98. The van der Waals surface area contributed by atoms with Crippen LogP contribution in [0.3, 0.4) is 0 Å². The van der Waals surface area contributed by atoms with Crippen LogP contribution >= 0.6 is 0 Å². The van der Waals surface area contributed by atoms with Gasteiger partial charge in [0.15, 0.2) is 0 Å². The summed E-state index contributed by atoms with van der Waals surface area (Å²) in [5.41, 5.74) is 16.1. The maximum absolute atomic E-state index is 10.1. The Bertz CT molecular complexity index is 1060. The summed E-state index contributed by atoms with van der Waals surface area (Å²) in [6, 6.07) is 37.8. The highest BCUT2D eigenvalue weighted by atomic mass is 16.4. The van der Waals surface area contributed by atoms with Crippen molar-refractivity contribution in [3.05, 3.63) is 144 Å². The lowest BCUT2D eigenvalue weighted by molar-refractivity contribution is 0.235. The molecule has 4 aromatic carbocycles. The highest BCUT2D eigenvalue weighted by Crippen LogP contribution is 2.24. The fourth-order valence-electron chi connectivity index (χ4n) is 3.44. The van der Waals surface area contributed by atoms with Crippen LogP contribution in [0.2, 0.25) is 0 Å². The summed E-state index contributed by atoms with van der Waals surface area (Å²) in [6.07, 6.45) is -0.927. The van der Waals surface area contributed by atoms with Gasteiger partial charge in [-0.05, 0) is 16.7 Å². The zero-order chi connectivity index (χ0) is 23.5. The first-order chi connectivity index (χ1) is 16.1. The van der Waals surface area contributed by atoms with Gasteiger partial charge in [0.2, 0.25) is 0 Å². The molecule has 0 aromatic heterocycles. The van der Waals surface area contributed by atoms with E-state index >= 15 is 0 Å². The van der Waals surface area contributed by atoms with E-state index in [9.17, 15) is 5.11 Å². The maximum atomic E-state index is 10.1. The van der Waals surface area contributed by atoms with Crippen LogP contribution < -0.4 is 11.5 Å². The van der Waals surface area contributed by atoms with Crippen LogP contribution in [-0.2, 0) is 0 Å². The zero-order valence-corrected chi connectivity index (χ0v) is 18.3. The smallest absolute Gasteiger partial charge is 0.125 e. The van der Waals surface area contributed by atoms with Crippen molar-refractivity contribution in [3.63, 3.8) is 0 Å². The van der Waals surface area contributed by atoms with Crippen LogP contribution in [0, 0.1) is 0 Å². The number of hydrogen-bond acceptors (Lipinski definition) is 5. The van der Waals surface area contributed by atoms with Crippen LogP contribution in [0.15, 0.2) is 126 Å². The van der Waals surface area contributed by atoms with Crippen molar-refractivity contribution in [2.75, 3.05) is 0 Å². The molecule has 0 amide bonds. The maximum Gasteiger partial charge on any atom is 0.125 e. The standard InChI is InChI=1S/C14H16N2.C14H13NO2/c15-13(11-7-3-1-4-8-11)14(16)12-9-5-2-6-10-12;16-14(12-9-5-2-6-10-12)13(15-17)11-7-3-1-4-8-11/h1-10,13-14H,15-16H2;1-10,14,16-17H/t13-,14-;14-/m00/s1. The fourth-order valence-corrected chi connectivity index (χ4v) is 3.44. The number of hydrogen-bond donors (Lipinski definition) is 4. The zero-order valence-electron chi connectivity index (χ0n) is 18.3. The van der Waals surface area contributed by atoms with Crippen LogP contribution in [-0.4, -0.2) is 16.0 Å². The van der Waals surface area contributed by atoms with Gasteiger partial charge in [-0.15, -0.1) is 0 Å². The minimum atomic E-state index is -0.927. The second-order valence-corrected chi connectivity index (χ2v) is 7.54. The van der Waals surface area contributed by atoms with Gasteiger partial charge in [-0.25, -0.2) is 0 Å². The first-order valence-corrected chi connectivity index (χ1v) is 10.7. The number of aliphatic hydroxyl groups is 1. The topological polar surface area (TPSA) is 105 Å². The van der Waals surface area contributed by atoms with Gasteiger partial charge in [-0.2, -0.15) is 0 Å². The molecule has 0 saturated heterocycles. The molecule has 33 heavy (non-hydrogen) atoms. The SMILES string of the molecule is N[C@@H](c1ccccc1)[C@@H](N)c1ccccc1.ON=C(c1ccccc1)[C@@H](O)c1ccccc1. The Morgan fingerprint density at radius 3 is 1.24 bits per heavy atom. The molecule has 4 aromatic rings. The van der Waals surface area contributed by atoms with E-state index in [1.54, 1.807) is 24.3 Å². The molecule has 0 bridgehead atoms. The summed E-state index contributed by atoms with van der Waals surface area (Å²) in [6.45, 7) is 0. The molecule has 0 unspecified atom stereocenters. The summed E-state index contributed by atoms with van der Waals surface area (Å²) in [4.78, 5) is 0. The summed E-state index contributed by atoms with van der Waals surface area (Å²) in [5, 5.41) is 22.4. The average molecular weight is 440 g/mol. The van der Waals surface area contributed by atoms with Crippen molar-refractivity contribution in [2.24, 2.45) is 16.6 Å². The number of oxime groups is 1. The summed E-state index contributed by atoms with van der Waals surface area (Å²) in [7, 11) is 0. The minimum Gasteiger partial charge on any atom is -0.411 e. The van der Waals surface area contributed by atoms with E-state index in [2.05, 4.69) is 5.16 Å². The van der Waals surface area contributed by atoms with Crippen LogP contribution in [0.1, 0.15) is 40.4 Å². The highest BCUT2D eigenvalue weighted by Gasteiger charge is 2.17. The van der Waals surface area contributed by atoms with Crippen molar-refractivity contribution < 1.29 is 10.3 Å². The second-order valence-electron chi connectivity index (χ2n) is 7.54. The lowest BCUT2D eigenvalue weighted by Crippen LogP contribution is -2.26. The molecule has 168 valence electrons. The third-order valence-electron chi connectivity index (χ3n) is 5.31. The van der Waals surface area contributed by atoms with Crippen molar-refractivity contribution in [1.29, 1.82) is 0 Å². The Hall–Kier alpha value is -3.77. The number of nitrogens with two attached hydrogens (primary N) is 2. The van der Waals surface area contributed by atoms with Gasteiger partial charge in [0.1, 0.15) is 11.8 Å². The average Bonchev–Trinajstić information content (AvgIpc) is 2.90. The van der Waals surface area contributed by atoms with Gasteiger partial charge in [0, 0.05) is 17.6 Å². The number of aliphatic hydroxyl groups excluding tert-OH is 1. The molecule has 0 aliphatic heterocycles. The lowest BCUT2D eigenvalue weighted by atomic mass is 9.95. The Kier molecular flexibility index (Phi) is 8.91. The minimum absolute atomic E-state index is 0.163. The van der Waals surface area contributed by atoms with Crippen LogP contribution in [0.4, 0.5) is 0 Å². The van der Waals surface area contributed by atoms with Gasteiger partial charge in [-0.3, -0.25) is 0 Å². The quantitative estimate of drug-likeness (QED) is 0.193. The van der Waals surface area contributed by atoms with Crippen molar-refractivity contribution in [2.45, 2.75) is 18.2 Å². The third-order valence-corrected chi connectivity index (χ3v) is 5.31. The van der Waals surface area contributed by atoms with E-state index in [4.69, 9.17) is 16.7 Å². The van der Waals surface area contributed by atoms with Crippen LogP contribution in [0.25, 0.3) is 0 Å². The largest absolute Gasteiger partial charge is 0.411 e. The predicted molar refractivity (Wildman–Crippen MR) is 133 cm³/mol. The van der Waals surface area contributed by atoms with Gasteiger partial charge in [0.05, 0.1) is 0 Å². The molecule has 0 aliphatic carbocycles. The molecule has 3 atom stereocenters. The number of nitrogens with zero attached hydrogens (tertiary/aromatic N) is 1. The molecule has 0 heterocycles. The number of benzene rings is 4. The van der Waals surface area contributed by atoms with E-state index in [0.29, 0.717) is 11.1 Å². The van der Waals surface area contributed by atoms with Gasteiger partial charge in [0.25, 0.3) is 0 Å². The van der Waals surface area contributed by atoms with Crippen molar-refractivity contribution >= 4 is 5.71 Å². The molecule has 0 saturated carbocycles. The normalized spacial score (nSPS) is 13.8. The Labute approximate surface area is 194 Å². The first kappa shape index (κ1) is 23.9. The van der Waals surface area contributed by atoms with Crippen LogP contribution in [0.5, 0.6) is 0 Å². The summed E-state index contributed by atoms with van der Waals surface area (Å²) < 4.78 is 0. The van der Waals surface area contributed by atoms with Crippen molar-refractivity contribution in [3.8, 4) is 0 Å². The molecule has 0 spiro atoms. The first-order valence-electron chi connectivity index (χ1n) is 10.7. The Morgan fingerprint density at radius 1 is 0.545 bits per heavy atom. The summed E-state index contributed by atoms with van der Waals surface area (Å²) >= 11 is 0. The van der Waals surface area contributed by atoms with E-state index in [1.165, 1.54) is 0 Å². The van der Waals surface area contributed by atoms with E-state index in [1.807, 2.05) is 97.1 Å². The fraction of sp³-hybridized carbons (Fsp3) is 0.107. The second kappa shape index (κ2) is 12.3. The molecular weight excluding hydrogens is 410 g/mol. The molecule has 0 radical (unpaired) electrons. The Balaban J connectivity index is 0.000000186. The Morgan fingerprint density at radius 2 is 0.879 bits per heavy atom. The van der Waals surface area contributed by atoms with Gasteiger partial charge >= 0.3 is 0 Å². The number of rotatable bonds is 6. The molecule has 5 nitrogen and oxygen atoms in total. The van der Waals surface area contributed by atoms with E-state index in [-0.39, 0.29) is 17.8 Å². The highest BCUT2D eigenvalue weighted by molar-refractivity contribution is 6.03.